The van der Waals surface area contributed by atoms with Gasteiger partial charge in [-0.15, -0.1) is 0 Å². The van der Waals surface area contributed by atoms with E-state index >= 15 is 0 Å². The van der Waals surface area contributed by atoms with Crippen LogP contribution in [0, 0.1) is 0 Å². The molecule has 0 aliphatic rings. The van der Waals surface area contributed by atoms with Crippen molar-refractivity contribution in [3.8, 4) is 5.75 Å². The first-order valence-corrected chi connectivity index (χ1v) is 5.52. The number of aromatic hydroxyl groups is 1. The second kappa shape index (κ2) is 5.54. The molecule has 0 heterocycles. The minimum absolute atomic E-state index is 0.233. The van der Waals surface area contributed by atoms with Crippen molar-refractivity contribution in [3.05, 3.63) is 29.3 Å². The SMILES string of the molecule is CCOC(=O)Cc1ccc(O)c(C(C)C)c1. The number of rotatable bonds is 4. The van der Waals surface area contributed by atoms with E-state index in [2.05, 4.69) is 0 Å². The van der Waals surface area contributed by atoms with Gasteiger partial charge < -0.3 is 9.84 Å². The van der Waals surface area contributed by atoms with E-state index in [1.54, 1.807) is 19.1 Å². The highest BCUT2D eigenvalue weighted by Crippen LogP contribution is 2.26. The molecule has 0 atom stereocenters. The maximum absolute atomic E-state index is 11.3. The molecule has 88 valence electrons. The summed E-state index contributed by atoms with van der Waals surface area (Å²) in [6, 6.07) is 5.24. The summed E-state index contributed by atoms with van der Waals surface area (Å²) in [5.74, 6) is 0.285. The Labute approximate surface area is 96.1 Å². The Bertz CT molecular complexity index is 369. The van der Waals surface area contributed by atoms with Gasteiger partial charge in [-0.25, -0.2) is 0 Å². The summed E-state index contributed by atoms with van der Waals surface area (Å²) in [4.78, 5) is 11.3. The molecular weight excluding hydrogens is 204 g/mol. The van der Waals surface area contributed by atoms with E-state index in [9.17, 15) is 9.90 Å². The molecular formula is C13H18O3. The van der Waals surface area contributed by atoms with Crippen molar-refractivity contribution in [3.63, 3.8) is 0 Å². The van der Waals surface area contributed by atoms with Crippen molar-refractivity contribution >= 4 is 5.97 Å². The van der Waals surface area contributed by atoms with Gasteiger partial charge in [0.2, 0.25) is 0 Å². The van der Waals surface area contributed by atoms with Crippen molar-refractivity contribution in [1.29, 1.82) is 0 Å². The van der Waals surface area contributed by atoms with Crippen LogP contribution in [0.15, 0.2) is 18.2 Å². The van der Waals surface area contributed by atoms with Crippen molar-refractivity contribution in [2.75, 3.05) is 6.61 Å². The number of hydrogen-bond acceptors (Lipinski definition) is 3. The molecule has 3 heteroatoms. The molecule has 0 spiro atoms. The molecule has 0 saturated heterocycles. The highest BCUT2D eigenvalue weighted by Gasteiger charge is 2.09. The lowest BCUT2D eigenvalue weighted by Crippen LogP contribution is -2.07. The van der Waals surface area contributed by atoms with Gasteiger partial charge in [0, 0.05) is 0 Å². The zero-order chi connectivity index (χ0) is 12.1. The monoisotopic (exact) mass is 222 g/mol. The number of carbonyl (C=O) groups is 1. The smallest absolute Gasteiger partial charge is 0.310 e. The molecule has 0 unspecified atom stereocenters. The molecule has 0 amide bonds. The lowest BCUT2D eigenvalue weighted by atomic mass is 9.98. The Kier molecular flexibility index (Phi) is 4.35. The van der Waals surface area contributed by atoms with Crippen LogP contribution >= 0.6 is 0 Å². The Morgan fingerprint density at radius 1 is 1.44 bits per heavy atom. The van der Waals surface area contributed by atoms with Gasteiger partial charge >= 0.3 is 5.97 Å². The average molecular weight is 222 g/mol. The fourth-order valence-corrected chi connectivity index (χ4v) is 1.56. The molecule has 1 aromatic rings. The summed E-state index contributed by atoms with van der Waals surface area (Å²) in [7, 11) is 0. The third-order valence-corrected chi connectivity index (χ3v) is 2.37. The van der Waals surface area contributed by atoms with Gasteiger partial charge in [0.1, 0.15) is 5.75 Å². The van der Waals surface area contributed by atoms with Crippen molar-refractivity contribution in [1.82, 2.24) is 0 Å². The first-order valence-electron chi connectivity index (χ1n) is 5.52. The van der Waals surface area contributed by atoms with Gasteiger partial charge in [0.05, 0.1) is 13.0 Å². The van der Waals surface area contributed by atoms with Crippen LogP contribution < -0.4 is 0 Å². The van der Waals surface area contributed by atoms with E-state index in [1.165, 1.54) is 0 Å². The molecule has 0 bridgehead atoms. The number of hydrogen-bond donors (Lipinski definition) is 1. The Morgan fingerprint density at radius 2 is 2.12 bits per heavy atom. The van der Waals surface area contributed by atoms with Crippen LogP contribution in [0.1, 0.15) is 37.8 Å². The first kappa shape index (κ1) is 12.6. The van der Waals surface area contributed by atoms with Crippen LogP contribution in [0.3, 0.4) is 0 Å². The van der Waals surface area contributed by atoms with Crippen LogP contribution in [-0.2, 0) is 16.0 Å². The van der Waals surface area contributed by atoms with Crippen molar-refractivity contribution in [2.24, 2.45) is 0 Å². The van der Waals surface area contributed by atoms with Crippen LogP contribution in [0.5, 0.6) is 5.75 Å². The van der Waals surface area contributed by atoms with E-state index in [-0.39, 0.29) is 24.1 Å². The van der Waals surface area contributed by atoms with Crippen molar-refractivity contribution < 1.29 is 14.6 Å². The van der Waals surface area contributed by atoms with Crippen molar-refractivity contribution in [2.45, 2.75) is 33.1 Å². The van der Waals surface area contributed by atoms with Crippen LogP contribution in [0.25, 0.3) is 0 Å². The maximum atomic E-state index is 11.3. The summed E-state index contributed by atoms with van der Waals surface area (Å²) in [5, 5.41) is 9.63. The fraction of sp³-hybridized carbons (Fsp3) is 0.462. The van der Waals surface area contributed by atoms with Crippen LogP contribution in [-0.4, -0.2) is 17.7 Å². The predicted octanol–water partition coefficient (Wildman–Crippen LogP) is 2.62. The summed E-state index contributed by atoms with van der Waals surface area (Å²) in [5.41, 5.74) is 1.74. The standard InChI is InChI=1S/C13H18O3/c1-4-16-13(15)8-10-5-6-12(14)11(7-10)9(2)3/h5-7,9,14H,4,8H2,1-3H3. The molecule has 0 saturated carbocycles. The second-order valence-corrected chi connectivity index (χ2v) is 4.03. The normalized spacial score (nSPS) is 10.5. The lowest BCUT2D eigenvalue weighted by molar-refractivity contribution is -0.142. The minimum Gasteiger partial charge on any atom is -0.508 e. The van der Waals surface area contributed by atoms with Gasteiger partial charge in [-0.1, -0.05) is 26.0 Å². The first-order chi connectivity index (χ1) is 7.54. The number of ether oxygens (including phenoxy) is 1. The summed E-state index contributed by atoms with van der Waals surface area (Å²) in [6.07, 6.45) is 0.258. The number of phenolic OH excluding ortho intramolecular Hbond substituents is 1. The minimum atomic E-state index is -0.233. The molecule has 0 radical (unpaired) electrons. The number of esters is 1. The maximum Gasteiger partial charge on any atom is 0.310 e. The van der Waals surface area contributed by atoms with E-state index in [4.69, 9.17) is 4.74 Å². The van der Waals surface area contributed by atoms with E-state index in [0.717, 1.165) is 11.1 Å². The van der Waals surface area contributed by atoms with E-state index < -0.39 is 0 Å². The topological polar surface area (TPSA) is 46.5 Å². The Morgan fingerprint density at radius 3 is 2.69 bits per heavy atom. The molecule has 0 aliphatic heterocycles. The molecule has 1 N–H and O–H groups in total. The van der Waals surface area contributed by atoms with Crippen LogP contribution in [0.2, 0.25) is 0 Å². The summed E-state index contributed by atoms with van der Waals surface area (Å²) in [6.45, 7) is 6.19. The Hall–Kier alpha value is -1.51. The zero-order valence-electron chi connectivity index (χ0n) is 9.99. The molecule has 16 heavy (non-hydrogen) atoms. The molecule has 0 fully saturated rings. The van der Waals surface area contributed by atoms with Gasteiger partial charge in [-0.05, 0) is 30.0 Å². The largest absolute Gasteiger partial charge is 0.508 e. The van der Waals surface area contributed by atoms with E-state index in [0.29, 0.717) is 6.61 Å². The summed E-state index contributed by atoms with van der Waals surface area (Å²) >= 11 is 0. The lowest BCUT2D eigenvalue weighted by Gasteiger charge is -2.10. The average Bonchev–Trinajstić information content (AvgIpc) is 2.21. The number of benzene rings is 1. The van der Waals surface area contributed by atoms with Gasteiger partial charge in [-0.3, -0.25) is 4.79 Å². The molecule has 3 nitrogen and oxygen atoms in total. The highest BCUT2D eigenvalue weighted by atomic mass is 16.5. The van der Waals surface area contributed by atoms with Crippen LogP contribution in [0.4, 0.5) is 0 Å². The number of carbonyl (C=O) groups excluding carboxylic acids is 1. The third-order valence-electron chi connectivity index (χ3n) is 2.37. The quantitative estimate of drug-likeness (QED) is 0.796. The zero-order valence-corrected chi connectivity index (χ0v) is 9.99. The molecule has 1 rings (SSSR count). The highest BCUT2D eigenvalue weighted by molar-refractivity contribution is 5.72. The van der Waals surface area contributed by atoms with Gasteiger partial charge in [0.25, 0.3) is 0 Å². The third kappa shape index (κ3) is 3.26. The molecule has 0 aliphatic carbocycles. The van der Waals surface area contributed by atoms with Gasteiger partial charge in [-0.2, -0.15) is 0 Å². The summed E-state index contributed by atoms with van der Waals surface area (Å²) < 4.78 is 4.87. The fourth-order valence-electron chi connectivity index (χ4n) is 1.56. The molecule has 0 aromatic heterocycles. The number of phenols is 1. The van der Waals surface area contributed by atoms with Gasteiger partial charge in [0.15, 0.2) is 0 Å². The molecule has 1 aromatic carbocycles. The van der Waals surface area contributed by atoms with E-state index in [1.807, 2.05) is 19.9 Å². The predicted molar refractivity (Wildman–Crippen MR) is 62.5 cm³/mol. The second-order valence-electron chi connectivity index (χ2n) is 4.03. The Balaban J connectivity index is 2.82.